The van der Waals surface area contributed by atoms with Crippen LogP contribution in [0.3, 0.4) is 0 Å². The fourth-order valence-electron chi connectivity index (χ4n) is 1.13. The fourth-order valence-corrected chi connectivity index (χ4v) is 1.13. The summed E-state index contributed by atoms with van der Waals surface area (Å²) in [5, 5.41) is 11.9. The number of aliphatic hydroxyl groups excluding tert-OH is 1. The van der Waals surface area contributed by atoms with Crippen LogP contribution in [0.4, 0.5) is 0 Å². The molecule has 0 aliphatic rings. The summed E-state index contributed by atoms with van der Waals surface area (Å²) in [6, 6.07) is 0.295. The van der Waals surface area contributed by atoms with E-state index in [-0.39, 0.29) is 12.9 Å². The first-order valence-electron chi connectivity index (χ1n) is 5.32. The van der Waals surface area contributed by atoms with E-state index in [1.54, 1.807) is 0 Å². The van der Waals surface area contributed by atoms with E-state index in [9.17, 15) is 0 Å². The minimum Gasteiger partial charge on any atom is -0.396 e. The number of hydrogen-bond donors (Lipinski definition) is 2. The molecule has 1 unspecified atom stereocenters. The van der Waals surface area contributed by atoms with E-state index in [1.807, 2.05) is 20.8 Å². The van der Waals surface area contributed by atoms with Crippen LogP contribution >= 0.6 is 0 Å². The van der Waals surface area contributed by atoms with Crippen molar-refractivity contribution in [2.24, 2.45) is 0 Å². The zero-order valence-electron chi connectivity index (χ0n) is 9.45. The van der Waals surface area contributed by atoms with Gasteiger partial charge in [0.1, 0.15) is 0 Å². The lowest BCUT2D eigenvalue weighted by Gasteiger charge is -2.20. The molecule has 0 bridgehead atoms. The molecular weight excluding hydrogens is 182 g/mol. The number of nitrogens with one attached hydrogen (secondary N) is 1. The predicted octanol–water partition coefficient (Wildman–Crippen LogP) is 0.746. The van der Waals surface area contributed by atoms with E-state index in [2.05, 4.69) is 5.32 Å². The van der Waals surface area contributed by atoms with E-state index in [4.69, 9.17) is 14.6 Å². The predicted molar refractivity (Wildman–Crippen MR) is 56.2 cm³/mol. The molecule has 0 rings (SSSR count). The van der Waals surface area contributed by atoms with Crippen LogP contribution in [0.2, 0.25) is 0 Å². The van der Waals surface area contributed by atoms with E-state index >= 15 is 0 Å². The second kappa shape index (κ2) is 9.40. The number of hydrogen-bond acceptors (Lipinski definition) is 4. The van der Waals surface area contributed by atoms with Crippen molar-refractivity contribution in [2.75, 3.05) is 26.4 Å². The molecular formula is C10H23NO3. The van der Waals surface area contributed by atoms with Gasteiger partial charge >= 0.3 is 0 Å². The number of aliphatic hydroxyl groups is 1. The van der Waals surface area contributed by atoms with Crippen LogP contribution in [-0.2, 0) is 9.47 Å². The van der Waals surface area contributed by atoms with Gasteiger partial charge in [-0.05, 0) is 27.2 Å². The lowest BCUT2D eigenvalue weighted by molar-refractivity contribution is -0.133. The molecule has 0 fully saturated rings. The number of ether oxygens (including phenoxy) is 2. The van der Waals surface area contributed by atoms with Gasteiger partial charge in [0.05, 0.1) is 0 Å². The standard InChI is InChI=1S/C10H23NO3/c1-4-13-10(14-5-2)8-11-9(3)6-7-12/h9-12H,4-8H2,1-3H3. The molecule has 4 nitrogen and oxygen atoms in total. The quantitative estimate of drug-likeness (QED) is 0.545. The Bertz CT molecular complexity index is 116. The maximum atomic E-state index is 8.71. The van der Waals surface area contributed by atoms with E-state index in [0.717, 1.165) is 6.42 Å². The summed E-state index contributed by atoms with van der Waals surface area (Å²) in [6.07, 6.45) is 0.580. The summed E-state index contributed by atoms with van der Waals surface area (Å²) in [6.45, 7) is 8.11. The van der Waals surface area contributed by atoms with Crippen molar-refractivity contribution in [2.45, 2.75) is 39.5 Å². The Morgan fingerprint density at radius 2 is 1.79 bits per heavy atom. The summed E-state index contributed by atoms with van der Waals surface area (Å²) in [7, 11) is 0. The number of rotatable bonds is 9. The fraction of sp³-hybridized carbons (Fsp3) is 1.00. The van der Waals surface area contributed by atoms with Gasteiger partial charge in [0.2, 0.25) is 0 Å². The van der Waals surface area contributed by atoms with Crippen LogP contribution in [0.5, 0.6) is 0 Å². The molecule has 0 amide bonds. The van der Waals surface area contributed by atoms with Gasteiger partial charge in [-0.3, -0.25) is 0 Å². The summed E-state index contributed by atoms with van der Waals surface area (Å²) in [5.41, 5.74) is 0. The molecule has 0 aromatic rings. The molecule has 0 aromatic carbocycles. The summed E-state index contributed by atoms with van der Waals surface area (Å²) in [4.78, 5) is 0. The zero-order valence-corrected chi connectivity index (χ0v) is 9.45. The van der Waals surface area contributed by atoms with Gasteiger partial charge in [0.25, 0.3) is 0 Å². The van der Waals surface area contributed by atoms with Gasteiger partial charge < -0.3 is 19.9 Å². The smallest absolute Gasteiger partial charge is 0.169 e. The first-order valence-corrected chi connectivity index (χ1v) is 5.32. The van der Waals surface area contributed by atoms with E-state index < -0.39 is 0 Å². The molecule has 0 spiro atoms. The van der Waals surface area contributed by atoms with E-state index in [0.29, 0.717) is 25.8 Å². The molecule has 2 N–H and O–H groups in total. The van der Waals surface area contributed by atoms with Crippen molar-refractivity contribution in [1.82, 2.24) is 5.32 Å². The van der Waals surface area contributed by atoms with Crippen molar-refractivity contribution in [1.29, 1.82) is 0 Å². The largest absolute Gasteiger partial charge is 0.396 e. The third kappa shape index (κ3) is 7.26. The van der Waals surface area contributed by atoms with Gasteiger partial charge in [0, 0.05) is 32.4 Å². The first kappa shape index (κ1) is 13.8. The molecule has 14 heavy (non-hydrogen) atoms. The van der Waals surface area contributed by atoms with Gasteiger partial charge in [-0.1, -0.05) is 0 Å². The monoisotopic (exact) mass is 205 g/mol. The van der Waals surface area contributed by atoms with Crippen molar-refractivity contribution < 1.29 is 14.6 Å². The van der Waals surface area contributed by atoms with Crippen molar-refractivity contribution in [3.63, 3.8) is 0 Å². The SMILES string of the molecule is CCOC(CNC(C)CCO)OCC. The summed E-state index contributed by atoms with van der Waals surface area (Å²) in [5.74, 6) is 0. The molecule has 0 aliphatic heterocycles. The van der Waals surface area contributed by atoms with Crippen molar-refractivity contribution in [3.8, 4) is 0 Å². The topological polar surface area (TPSA) is 50.7 Å². The first-order chi connectivity index (χ1) is 6.74. The Morgan fingerprint density at radius 1 is 1.21 bits per heavy atom. The zero-order chi connectivity index (χ0) is 10.8. The molecule has 86 valence electrons. The second-order valence-electron chi connectivity index (χ2n) is 3.16. The van der Waals surface area contributed by atoms with Crippen LogP contribution < -0.4 is 5.32 Å². The molecule has 0 aliphatic carbocycles. The molecule has 1 atom stereocenters. The minimum absolute atomic E-state index is 0.175. The Kier molecular flexibility index (Phi) is 9.29. The maximum absolute atomic E-state index is 8.71. The third-order valence-electron chi connectivity index (χ3n) is 1.90. The highest BCUT2D eigenvalue weighted by atomic mass is 16.7. The Labute approximate surface area is 86.6 Å². The summed E-state index contributed by atoms with van der Waals surface area (Å²) >= 11 is 0. The van der Waals surface area contributed by atoms with Crippen LogP contribution in [-0.4, -0.2) is 43.8 Å². The van der Waals surface area contributed by atoms with Crippen molar-refractivity contribution in [3.05, 3.63) is 0 Å². The Balaban J connectivity index is 3.57. The Morgan fingerprint density at radius 3 is 2.21 bits per heavy atom. The van der Waals surface area contributed by atoms with Crippen LogP contribution in [0.15, 0.2) is 0 Å². The molecule has 0 saturated heterocycles. The second-order valence-corrected chi connectivity index (χ2v) is 3.16. The highest BCUT2D eigenvalue weighted by Crippen LogP contribution is 1.95. The highest BCUT2D eigenvalue weighted by Gasteiger charge is 2.09. The average molecular weight is 205 g/mol. The average Bonchev–Trinajstić information content (AvgIpc) is 2.15. The third-order valence-corrected chi connectivity index (χ3v) is 1.90. The van der Waals surface area contributed by atoms with Crippen LogP contribution in [0, 0.1) is 0 Å². The van der Waals surface area contributed by atoms with Gasteiger partial charge in [-0.2, -0.15) is 0 Å². The van der Waals surface area contributed by atoms with Gasteiger partial charge in [-0.25, -0.2) is 0 Å². The van der Waals surface area contributed by atoms with E-state index in [1.165, 1.54) is 0 Å². The lowest BCUT2D eigenvalue weighted by atomic mass is 10.2. The summed E-state index contributed by atoms with van der Waals surface area (Å²) < 4.78 is 10.7. The van der Waals surface area contributed by atoms with Gasteiger partial charge in [-0.15, -0.1) is 0 Å². The normalized spacial score (nSPS) is 13.5. The maximum Gasteiger partial charge on any atom is 0.169 e. The Hall–Kier alpha value is -0.160. The highest BCUT2D eigenvalue weighted by molar-refractivity contribution is 4.61. The van der Waals surface area contributed by atoms with Crippen molar-refractivity contribution >= 4 is 0 Å². The molecule has 0 aromatic heterocycles. The molecule has 0 heterocycles. The van der Waals surface area contributed by atoms with Crippen LogP contribution in [0.25, 0.3) is 0 Å². The minimum atomic E-state index is -0.175. The van der Waals surface area contributed by atoms with Gasteiger partial charge in [0.15, 0.2) is 6.29 Å². The molecule has 4 heteroatoms. The molecule has 0 saturated carbocycles. The molecule has 0 radical (unpaired) electrons. The van der Waals surface area contributed by atoms with Crippen LogP contribution in [0.1, 0.15) is 27.2 Å². The lowest BCUT2D eigenvalue weighted by Crippen LogP contribution is -2.37.